The molecular weight excluding hydrogens is 749 g/mol. The van der Waals surface area contributed by atoms with Crippen molar-refractivity contribution in [2.45, 2.75) is 12.3 Å². The Labute approximate surface area is 350 Å². The molecule has 9 aromatic carbocycles. The SMILES string of the molecule is C1=CCC(c2nc(-c3ccccc3)nc(-c3cccc(N4c5cc6ccccc6cc5Oc5cc6c(cc54)oc4cc5c7ccccc7c7ccccc7c5cc46)c3)n2)C=C1. The van der Waals surface area contributed by atoms with E-state index in [1.165, 1.54) is 32.3 Å². The topological polar surface area (TPSA) is 64.3 Å². The van der Waals surface area contributed by atoms with Crippen molar-refractivity contribution in [2.75, 3.05) is 4.90 Å². The van der Waals surface area contributed by atoms with E-state index in [0.29, 0.717) is 11.6 Å². The molecule has 1 aliphatic carbocycles. The fraction of sp³-hybridized carbons (Fsp3) is 0.0364. The second kappa shape index (κ2) is 13.2. The summed E-state index contributed by atoms with van der Waals surface area (Å²) in [6, 6.07) is 57.5. The molecule has 6 nitrogen and oxygen atoms in total. The zero-order valence-electron chi connectivity index (χ0n) is 32.8. The summed E-state index contributed by atoms with van der Waals surface area (Å²) in [6.45, 7) is 0. The number of rotatable bonds is 4. The van der Waals surface area contributed by atoms with E-state index >= 15 is 0 Å². The quantitative estimate of drug-likeness (QED) is 0.166. The number of furan rings is 1. The molecule has 0 saturated heterocycles. The number of anilines is 3. The molecule has 1 unspecified atom stereocenters. The molecule has 0 saturated carbocycles. The Balaban J connectivity index is 1.02. The number of benzene rings is 9. The minimum atomic E-state index is 0.0601. The predicted molar refractivity (Wildman–Crippen MR) is 248 cm³/mol. The molecule has 0 spiro atoms. The van der Waals surface area contributed by atoms with E-state index in [9.17, 15) is 0 Å². The van der Waals surface area contributed by atoms with Crippen LogP contribution in [0.2, 0.25) is 0 Å². The molecule has 1 aliphatic heterocycles. The Morgan fingerprint density at radius 1 is 0.459 bits per heavy atom. The average molecular weight is 783 g/mol. The summed E-state index contributed by atoms with van der Waals surface area (Å²) in [5, 5.41) is 11.6. The molecule has 61 heavy (non-hydrogen) atoms. The van der Waals surface area contributed by atoms with Gasteiger partial charge in [-0.15, -0.1) is 0 Å². The first-order valence-corrected chi connectivity index (χ1v) is 20.7. The molecule has 286 valence electrons. The van der Waals surface area contributed by atoms with Crippen LogP contribution >= 0.6 is 0 Å². The summed E-state index contributed by atoms with van der Waals surface area (Å²) < 4.78 is 13.7. The number of aromatic nitrogens is 3. The lowest BCUT2D eigenvalue weighted by Crippen LogP contribution is -2.16. The number of allylic oxidation sites excluding steroid dienone is 4. The lowest BCUT2D eigenvalue weighted by atomic mass is 9.93. The van der Waals surface area contributed by atoms with Crippen molar-refractivity contribution in [3.8, 4) is 34.3 Å². The molecule has 11 aromatic rings. The first-order valence-electron chi connectivity index (χ1n) is 20.7. The number of fused-ring (bicyclic) bond motifs is 12. The number of hydrogen-bond acceptors (Lipinski definition) is 6. The molecular formula is C55H34N4O2. The van der Waals surface area contributed by atoms with E-state index in [0.717, 1.165) is 84.6 Å². The summed E-state index contributed by atoms with van der Waals surface area (Å²) in [4.78, 5) is 17.5. The lowest BCUT2D eigenvalue weighted by Gasteiger charge is -2.33. The van der Waals surface area contributed by atoms with Crippen molar-refractivity contribution in [2.24, 2.45) is 0 Å². The molecule has 0 N–H and O–H groups in total. The standard InChI is InChI=1S/C55H34N4O2/c1-3-14-33(15-4-1)53-56-54(34-16-5-2-6-17-34)58-55(57-53)37-20-13-21-38(26-37)59-47-27-35-18-7-8-19-36(35)28-51(47)61-52-31-46-45-29-43-41-24-11-9-22-39(41)40-23-10-12-25-42(40)44(43)30-49(45)60-50(46)32-48(52)59/h1-16,18-32,34H,17H2. The molecule has 2 aliphatic rings. The van der Waals surface area contributed by atoms with Crippen LogP contribution in [0.4, 0.5) is 17.1 Å². The monoisotopic (exact) mass is 782 g/mol. The van der Waals surface area contributed by atoms with Gasteiger partial charge in [-0.05, 0) is 92.0 Å². The Bertz CT molecular complexity index is 3680. The number of hydrogen-bond donors (Lipinski definition) is 0. The first kappa shape index (κ1) is 33.8. The highest BCUT2D eigenvalue weighted by atomic mass is 16.5. The van der Waals surface area contributed by atoms with Gasteiger partial charge in [0.1, 0.15) is 17.0 Å². The Hall–Kier alpha value is -8.09. The van der Waals surface area contributed by atoms with E-state index in [1.807, 2.05) is 30.3 Å². The van der Waals surface area contributed by atoms with Gasteiger partial charge in [0, 0.05) is 39.6 Å². The maximum atomic E-state index is 6.91. The van der Waals surface area contributed by atoms with Gasteiger partial charge in [-0.25, -0.2) is 15.0 Å². The van der Waals surface area contributed by atoms with Gasteiger partial charge in [-0.3, -0.25) is 0 Å². The highest BCUT2D eigenvalue weighted by Crippen LogP contribution is 2.54. The highest BCUT2D eigenvalue weighted by Gasteiger charge is 2.29. The van der Waals surface area contributed by atoms with Gasteiger partial charge in [0.2, 0.25) is 0 Å². The minimum Gasteiger partial charge on any atom is -0.456 e. The molecule has 0 bridgehead atoms. The van der Waals surface area contributed by atoms with Crippen LogP contribution in [0.15, 0.2) is 193 Å². The van der Waals surface area contributed by atoms with Gasteiger partial charge in [-0.2, -0.15) is 0 Å². The third kappa shape index (κ3) is 5.39. The normalized spacial score (nSPS) is 14.6. The zero-order chi connectivity index (χ0) is 40.0. The Kier molecular flexibility index (Phi) is 7.33. The molecule has 0 amide bonds. The minimum absolute atomic E-state index is 0.0601. The molecule has 3 heterocycles. The van der Waals surface area contributed by atoms with E-state index < -0.39 is 0 Å². The number of ether oxygens (including phenoxy) is 1. The Morgan fingerprint density at radius 2 is 1.07 bits per heavy atom. The van der Waals surface area contributed by atoms with Crippen molar-refractivity contribution in [3.05, 3.63) is 194 Å². The van der Waals surface area contributed by atoms with Gasteiger partial charge in [0.25, 0.3) is 0 Å². The van der Waals surface area contributed by atoms with Gasteiger partial charge < -0.3 is 14.1 Å². The summed E-state index contributed by atoms with van der Waals surface area (Å²) in [7, 11) is 0. The van der Waals surface area contributed by atoms with Gasteiger partial charge in [-0.1, -0.05) is 140 Å². The third-order valence-electron chi connectivity index (χ3n) is 12.3. The van der Waals surface area contributed by atoms with Crippen LogP contribution < -0.4 is 9.64 Å². The van der Waals surface area contributed by atoms with Crippen LogP contribution in [-0.2, 0) is 0 Å². The lowest BCUT2D eigenvalue weighted by molar-refractivity contribution is 0.478. The fourth-order valence-electron chi connectivity index (χ4n) is 9.40. The largest absolute Gasteiger partial charge is 0.456 e. The molecule has 0 radical (unpaired) electrons. The highest BCUT2D eigenvalue weighted by molar-refractivity contribution is 6.28. The molecule has 2 aromatic heterocycles. The summed E-state index contributed by atoms with van der Waals surface area (Å²) in [5.41, 5.74) is 6.23. The average Bonchev–Trinajstić information content (AvgIpc) is 3.68. The van der Waals surface area contributed by atoms with Crippen molar-refractivity contribution >= 4 is 82.1 Å². The number of nitrogens with zero attached hydrogens (tertiary/aromatic N) is 4. The molecule has 6 heteroatoms. The second-order valence-electron chi connectivity index (χ2n) is 15.9. The van der Waals surface area contributed by atoms with Gasteiger partial charge in [0.15, 0.2) is 23.1 Å². The summed E-state index contributed by atoms with van der Waals surface area (Å²) in [5.74, 6) is 3.62. The second-order valence-corrected chi connectivity index (χ2v) is 15.9. The zero-order valence-corrected chi connectivity index (χ0v) is 32.8. The third-order valence-corrected chi connectivity index (χ3v) is 12.3. The molecule has 13 rings (SSSR count). The van der Waals surface area contributed by atoms with E-state index in [1.54, 1.807) is 0 Å². The van der Waals surface area contributed by atoms with Crippen molar-refractivity contribution < 1.29 is 9.15 Å². The van der Waals surface area contributed by atoms with E-state index in [4.69, 9.17) is 24.1 Å². The van der Waals surface area contributed by atoms with Crippen LogP contribution in [-0.4, -0.2) is 15.0 Å². The summed E-state index contributed by atoms with van der Waals surface area (Å²) >= 11 is 0. The van der Waals surface area contributed by atoms with Crippen LogP contribution in [0.1, 0.15) is 18.2 Å². The van der Waals surface area contributed by atoms with Gasteiger partial charge in [0.05, 0.1) is 11.4 Å². The van der Waals surface area contributed by atoms with Crippen molar-refractivity contribution in [3.63, 3.8) is 0 Å². The van der Waals surface area contributed by atoms with Crippen molar-refractivity contribution in [1.82, 2.24) is 15.0 Å². The molecule has 0 fully saturated rings. The van der Waals surface area contributed by atoms with Crippen LogP contribution in [0.3, 0.4) is 0 Å². The van der Waals surface area contributed by atoms with E-state index in [-0.39, 0.29) is 5.92 Å². The van der Waals surface area contributed by atoms with E-state index in [2.05, 4.69) is 163 Å². The van der Waals surface area contributed by atoms with Crippen molar-refractivity contribution in [1.29, 1.82) is 0 Å². The van der Waals surface area contributed by atoms with Crippen LogP contribution in [0.5, 0.6) is 11.5 Å². The summed E-state index contributed by atoms with van der Waals surface area (Å²) in [6.07, 6.45) is 9.32. The maximum Gasteiger partial charge on any atom is 0.163 e. The van der Waals surface area contributed by atoms with Crippen LogP contribution in [0, 0.1) is 0 Å². The molecule has 1 atom stereocenters. The Morgan fingerprint density at radius 3 is 1.82 bits per heavy atom. The maximum absolute atomic E-state index is 6.91. The predicted octanol–water partition coefficient (Wildman–Crippen LogP) is 14.9. The van der Waals surface area contributed by atoms with Crippen LogP contribution in [0.25, 0.3) is 87.8 Å². The first-order chi connectivity index (χ1) is 30.2. The van der Waals surface area contributed by atoms with Gasteiger partial charge >= 0.3 is 0 Å². The fourth-order valence-corrected chi connectivity index (χ4v) is 9.40. The smallest absolute Gasteiger partial charge is 0.163 e.